The average molecular weight is 103 g/mol. The number of hydrogen-bond donors (Lipinski definition) is 0. The van der Waals surface area contributed by atoms with E-state index in [0.29, 0.717) is 0 Å². The van der Waals surface area contributed by atoms with Crippen LogP contribution in [0.15, 0.2) is 12.4 Å². The molecule has 0 saturated carbocycles. The molecule has 0 saturated heterocycles. The minimum atomic E-state index is -0.633. The lowest BCUT2D eigenvalue weighted by atomic mass is 11.3. The molecule has 0 aromatic rings. The van der Waals surface area contributed by atoms with Crippen molar-refractivity contribution in [3.8, 4) is 0 Å². The van der Waals surface area contributed by atoms with Crippen molar-refractivity contribution in [2.45, 2.75) is 0 Å². The summed E-state index contributed by atoms with van der Waals surface area (Å²) in [6, 6.07) is 0. The van der Waals surface area contributed by atoms with E-state index in [1.54, 1.807) is 0 Å². The van der Waals surface area contributed by atoms with Crippen LogP contribution in [0, 0.1) is 0 Å². The van der Waals surface area contributed by atoms with Crippen molar-refractivity contribution in [3.05, 3.63) is 12.4 Å². The van der Waals surface area contributed by atoms with Crippen molar-refractivity contribution in [1.82, 2.24) is 0 Å². The Balaban J connectivity index is 3.45. The highest BCUT2D eigenvalue weighted by Gasteiger charge is 2.08. The van der Waals surface area contributed by atoms with Crippen LogP contribution in [0.2, 0.25) is 0 Å². The molecule has 0 amide bonds. The Bertz CT molecular complexity index is 49.4. The molecule has 0 N–H and O–H groups in total. The smallest absolute Gasteiger partial charge is 0.0525 e. The summed E-state index contributed by atoms with van der Waals surface area (Å²) in [5.41, 5.74) is 0. The fraction of sp³-hybridized carbons (Fsp3) is 0.600. The molecule has 0 atom stereocenters. The minimum Gasteiger partial charge on any atom is -0.0640 e. The molecular formula is C5H12P+. The van der Waals surface area contributed by atoms with Gasteiger partial charge in [0.2, 0.25) is 0 Å². The van der Waals surface area contributed by atoms with E-state index in [0.717, 1.165) is 0 Å². The van der Waals surface area contributed by atoms with Crippen LogP contribution >= 0.6 is 7.26 Å². The largest absolute Gasteiger partial charge is 0.0640 e. The quantitative estimate of drug-likeness (QED) is 0.445. The fourth-order valence-corrected chi connectivity index (χ4v) is 0. The number of hydrogen-bond acceptors (Lipinski definition) is 0. The molecule has 0 fully saturated rings. The highest BCUT2D eigenvalue weighted by molar-refractivity contribution is 7.76. The molecule has 0 aromatic heterocycles. The van der Waals surface area contributed by atoms with Crippen molar-refractivity contribution in [2.75, 3.05) is 20.0 Å². The van der Waals surface area contributed by atoms with Crippen LogP contribution in [0.4, 0.5) is 0 Å². The zero-order valence-corrected chi connectivity index (χ0v) is 5.63. The Morgan fingerprint density at radius 2 is 1.50 bits per heavy atom. The van der Waals surface area contributed by atoms with E-state index in [9.17, 15) is 0 Å². The molecule has 0 bridgehead atoms. The molecule has 0 aliphatic rings. The monoisotopic (exact) mass is 103 g/mol. The van der Waals surface area contributed by atoms with Gasteiger partial charge in [-0.25, -0.2) is 0 Å². The third-order valence-corrected chi connectivity index (χ3v) is 1.64. The third kappa shape index (κ3) is 4.17. The molecule has 0 aliphatic carbocycles. The first kappa shape index (κ1) is 6.17. The Labute approximate surface area is 40.6 Å². The first-order valence-electron chi connectivity index (χ1n) is 2.01. The van der Waals surface area contributed by atoms with Gasteiger partial charge in [-0.15, -0.1) is 0 Å². The van der Waals surface area contributed by atoms with Gasteiger partial charge in [0.1, 0.15) is 0 Å². The molecule has 0 heterocycles. The Kier molecular flexibility index (Phi) is 1.80. The molecule has 1 heteroatoms. The summed E-state index contributed by atoms with van der Waals surface area (Å²) in [5, 5.41) is 0. The topological polar surface area (TPSA) is 0 Å². The van der Waals surface area contributed by atoms with Gasteiger partial charge in [-0.1, -0.05) is 6.58 Å². The van der Waals surface area contributed by atoms with Gasteiger partial charge in [-0.3, -0.25) is 0 Å². The van der Waals surface area contributed by atoms with Gasteiger partial charge in [0.05, 0.1) is 25.8 Å². The maximum absolute atomic E-state index is 3.68. The SMILES string of the molecule is C=C[P+](C)(C)C. The third-order valence-electron chi connectivity index (χ3n) is 0.548. The molecule has 0 aromatic carbocycles. The maximum atomic E-state index is 3.68. The second-order valence-corrected chi connectivity index (χ2v) is 6.90. The standard InChI is InChI=1S/C5H12P/c1-5-6(2,3)4/h5H,1H2,2-4H3/q+1. The van der Waals surface area contributed by atoms with Crippen molar-refractivity contribution in [3.63, 3.8) is 0 Å². The van der Waals surface area contributed by atoms with Crippen LogP contribution in [-0.4, -0.2) is 20.0 Å². The van der Waals surface area contributed by atoms with Gasteiger partial charge in [-0.2, -0.15) is 0 Å². The Hall–Kier alpha value is 0.170. The molecule has 0 nitrogen and oxygen atoms in total. The predicted molar refractivity (Wildman–Crippen MR) is 34.9 cm³/mol. The first-order valence-corrected chi connectivity index (χ1v) is 5.21. The highest BCUT2D eigenvalue weighted by atomic mass is 31.2. The molecule has 6 heavy (non-hydrogen) atoms. The molecule has 36 valence electrons. The highest BCUT2D eigenvalue weighted by Crippen LogP contribution is 2.47. The van der Waals surface area contributed by atoms with E-state index in [-0.39, 0.29) is 0 Å². The molecule has 0 rings (SSSR count). The van der Waals surface area contributed by atoms with Crippen molar-refractivity contribution < 1.29 is 0 Å². The van der Waals surface area contributed by atoms with Crippen molar-refractivity contribution in [1.29, 1.82) is 0 Å². The lowest BCUT2D eigenvalue weighted by Gasteiger charge is -1.99. The van der Waals surface area contributed by atoms with E-state index >= 15 is 0 Å². The van der Waals surface area contributed by atoms with Crippen LogP contribution in [-0.2, 0) is 0 Å². The summed E-state index contributed by atoms with van der Waals surface area (Å²) < 4.78 is 0. The molecule has 0 unspecified atom stereocenters. The van der Waals surface area contributed by atoms with Crippen molar-refractivity contribution in [2.24, 2.45) is 0 Å². The summed E-state index contributed by atoms with van der Waals surface area (Å²) in [6.45, 7) is 10.4. The zero-order valence-electron chi connectivity index (χ0n) is 4.73. The summed E-state index contributed by atoms with van der Waals surface area (Å²) in [4.78, 5) is 0. The normalized spacial score (nSPS) is 11.2. The van der Waals surface area contributed by atoms with E-state index in [1.165, 1.54) is 0 Å². The summed E-state index contributed by atoms with van der Waals surface area (Å²) in [7, 11) is -0.633. The zero-order chi connectivity index (χ0) is 5.21. The van der Waals surface area contributed by atoms with Gasteiger partial charge < -0.3 is 0 Å². The Morgan fingerprint density at radius 3 is 1.50 bits per heavy atom. The van der Waals surface area contributed by atoms with E-state index in [2.05, 4.69) is 26.6 Å². The van der Waals surface area contributed by atoms with Gasteiger partial charge in [0.15, 0.2) is 0 Å². The lowest BCUT2D eigenvalue weighted by Crippen LogP contribution is -1.73. The molecule has 0 spiro atoms. The van der Waals surface area contributed by atoms with E-state index in [1.807, 2.05) is 5.82 Å². The minimum absolute atomic E-state index is 0.633. The van der Waals surface area contributed by atoms with E-state index in [4.69, 9.17) is 0 Å². The molecular weight excluding hydrogens is 91.0 g/mol. The Morgan fingerprint density at radius 1 is 1.33 bits per heavy atom. The van der Waals surface area contributed by atoms with Crippen LogP contribution in [0.5, 0.6) is 0 Å². The summed E-state index contributed by atoms with van der Waals surface area (Å²) in [5.74, 6) is 2.05. The van der Waals surface area contributed by atoms with E-state index < -0.39 is 7.26 Å². The van der Waals surface area contributed by atoms with Gasteiger partial charge >= 0.3 is 0 Å². The molecule has 0 radical (unpaired) electrons. The van der Waals surface area contributed by atoms with Crippen LogP contribution in [0.25, 0.3) is 0 Å². The lowest BCUT2D eigenvalue weighted by molar-refractivity contribution is 2.01. The van der Waals surface area contributed by atoms with Gasteiger partial charge in [-0.05, 0) is 0 Å². The summed E-state index contributed by atoms with van der Waals surface area (Å²) in [6.07, 6.45) is 0. The molecule has 0 aliphatic heterocycles. The van der Waals surface area contributed by atoms with Crippen molar-refractivity contribution >= 4 is 7.26 Å². The van der Waals surface area contributed by atoms with Crippen LogP contribution < -0.4 is 0 Å². The van der Waals surface area contributed by atoms with Crippen LogP contribution in [0.3, 0.4) is 0 Å². The average Bonchev–Trinajstić information content (AvgIpc) is 1.35. The number of rotatable bonds is 1. The van der Waals surface area contributed by atoms with Gasteiger partial charge in [0.25, 0.3) is 0 Å². The second kappa shape index (κ2) is 1.75. The summed E-state index contributed by atoms with van der Waals surface area (Å²) >= 11 is 0. The van der Waals surface area contributed by atoms with Gasteiger partial charge in [0, 0.05) is 7.26 Å². The first-order chi connectivity index (χ1) is 2.56. The fourth-order valence-electron chi connectivity index (χ4n) is 0. The van der Waals surface area contributed by atoms with Crippen LogP contribution in [0.1, 0.15) is 0 Å². The predicted octanol–water partition coefficient (Wildman–Crippen LogP) is 2.04. The maximum Gasteiger partial charge on any atom is 0.0525 e. The second-order valence-electron chi connectivity index (χ2n) is 2.30.